The lowest BCUT2D eigenvalue weighted by molar-refractivity contribution is -0.447. The van der Waals surface area contributed by atoms with Crippen LogP contribution in [0.5, 0.6) is 0 Å². The molecule has 0 bridgehead atoms. The van der Waals surface area contributed by atoms with E-state index in [1.165, 1.54) is 30.3 Å². The van der Waals surface area contributed by atoms with Gasteiger partial charge in [-0.25, -0.2) is 9.79 Å². The third-order valence-electron chi connectivity index (χ3n) is 6.02. The van der Waals surface area contributed by atoms with Crippen LogP contribution >= 0.6 is 15.9 Å². The van der Waals surface area contributed by atoms with E-state index in [-0.39, 0.29) is 25.7 Å². The fourth-order valence-electron chi connectivity index (χ4n) is 3.71. The molecule has 0 aliphatic carbocycles. The molecular weight excluding hydrogens is 606 g/mol. The van der Waals surface area contributed by atoms with Crippen molar-refractivity contribution >= 4 is 39.1 Å². The number of halogens is 4. The first-order chi connectivity index (χ1) is 19.4. The molecule has 0 saturated carbocycles. The number of hydrogen-bond donors (Lipinski definition) is 4. The van der Waals surface area contributed by atoms with Crippen LogP contribution < -0.4 is 30.2 Å². The van der Waals surface area contributed by atoms with Crippen molar-refractivity contribution in [1.29, 1.82) is 0 Å². The van der Waals surface area contributed by atoms with E-state index >= 15 is 0 Å². The Balaban J connectivity index is 1.49. The van der Waals surface area contributed by atoms with Crippen LogP contribution in [0.3, 0.4) is 0 Å². The van der Waals surface area contributed by atoms with Gasteiger partial charge in [0.1, 0.15) is 0 Å². The van der Waals surface area contributed by atoms with Gasteiger partial charge in [0.15, 0.2) is 0 Å². The number of hydrogen-bond acceptors (Lipinski definition) is 8. The van der Waals surface area contributed by atoms with Crippen LogP contribution in [0.25, 0.3) is 0 Å². The molecule has 0 heterocycles. The number of anilines is 2. The fourth-order valence-corrected chi connectivity index (χ4v) is 4.66. The minimum absolute atomic E-state index is 0.0449. The van der Waals surface area contributed by atoms with Gasteiger partial charge in [0, 0.05) is 24.2 Å². The van der Waals surface area contributed by atoms with E-state index in [1.807, 2.05) is 0 Å². The van der Waals surface area contributed by atoms with Crippen LogP contribution in [-0.2, 0) is 33.8 Å². The van der Waals surface area contributed by atoms with Crippen LogP contribution in [0, 0.1) is 0 Å². The predicted molar refractivity (Wildman–Crippen MR) is 139 cm³/mol. The maximum atomic E-state index is 13.8. The van der Waals surface area contributed by atoms with Gasteiger partial charge in [0.05, 0.1) is 11.1 Å². The molecule has 0 radical (unpaired) electrons. The number of nitrogens with one attached hydrogen (secondary N) is 2. The molecule has 226 valence electrons. The highest BCUT2D eigenvalue weighted by Crippen LogP contribution is 2.62. The molecule has 0 saturated heterocycles. The molecule has 0 spiro atoms. The molecule has 0 aromatic heterocycles. The summed E-state index contributed by atoms with van der Waals surface area (Å²) in [6.07, 6.45) is 0.164. The zero-order valence-electron chi connectivity index (χ0n) is 21.5. The first-order valence-electron chi connectivity index (χ1n) is 12.1. The highest BCUT2D eigenvalue weighted by atomic mass is 31.2. The van der Waals surface area contributed by atoms with E-state index in [1.54, 1.807) is 18.2 Å². The summed E-state index contributed by atoms with van der Waals surface area (Å²) in [7, 11) is -11.9. The Bertz CT molecular complexity index is 1290. The summed E-state index contributed by atoms with van der Waals surface area (Å²) < 4.78 is 54.8. The van der Waals surface area contributed by atoms with Crippen LogP contribution in [0.4, 0.5) is 28.9 Å². The topological polar surface area (TPSA) is 191 Å². The summed E-state index contributed by atoms with van der Waals surface area (Å²) in [5.74, 6) is -0.869. The second kappa shape index (κ2) is 13.1. The monoisotopic (exact) mass is 630 g/mol. The Hall–Kier alpha value is -3.06. The van der Waals surface area contributed by atoms with Gasteiger partial charge in [-0.1, -0.05) is 38.3 Å². The largest absolute Gasteiger partial charge is 0.683 e. The Morgan fingerprint density at radius 1 is 0.667 bits per heavy atom. The Morgan fingerprint density at radius 3 is 1.40 bits per heavy atom. The summed E-state index contributed by atoms with van der Waals surface area (Å²) in [4.78, 5) is 85.6. The molecule has 0 aliphatic rings. The maximum Gasteiger partial charge on any atom is 0.428 e. The quantitative estimate of drug-likeness (QED) is 0.172. The summed E-state index contributed by atoms with van der Waals surface area (Å²) in [6.45, 7) is 0. The average Bonchev–Trinajstić information content (AvgIpc) is 2.90. The first-order valence-corrected chi connectivity index (χ1v) is 15.3. The molecule has 10 nitrogen and oxygen atoms in total. The van der Waals surface area contributed by atoms with Crippen LogP contribution in [0.1, 0.15) is 35.1 Å². The van der Waals surface area contributed by atoms with Crippen molar-refractivity contribution < 1.29 is 56.5 Å². The molecule has 3 aromatic rings. The summed E-state index contributed by atoms with van der Waals surface area (Å²) in [5.41, 5.74) is -9.08. The SMILES string of the molecule is O=C(CCc1ccc(C(F)(F)[P+]([O-])([O-])[O-])cc1)Nc1cccc(NC(=O)CCc2ccc(C(F)(F)[P+]([O-])(O)O)cc2)c1. The maximum absolute atomic E-state index is 13.8. The zero-order chi connectivity index (χ0) is 31.3. The molecule has 0 aliphatic heterocycles. The van der Waals surface area contributed by atoms with Crippen molar-refractivity contribution in [3.05, 3.63) is 95.1 Å². The minimum Gasteiger partial charge on any atom is -0.683 e. The molecule has 2 amide bonds. The highest BCUT2D eigenvalue weighted by Gasteiger charge is 2.55. The van der Waals surface area contributed by atoms with Gasteiger partial charge < -0.3 is 30.2 Å². The third-order valence-corrected chi connectivity index (χ3v) is 7.96. The smallest absolute Gasteiger partial charge is 0.428 e. The molecule has 16 heteroatoms. The summed E-state index contributed by atoms with van der Waals surface area (Å²) in [5, 5.41) is 5.25. The molecule has 3 rings (SSSR count). The van der Waals surface area contributed by atoms with Crippen molar-refractivity contribution in [1.82, 2.24) is 0 Å². The number of aryl methyl sites for hydroxylation is 2. The van der Waals surface area contributed by atoms with E-state index in [9.17, 15) is 46.7 Å². The van der Waals surface area contributed by atoms with Gasteiger partial charge in [0.2, 0.25) is 11.8 Å². The minimum atomic E-state index is -6.19. The van der Waals surface area contributed by atoms with Gasteiger partial charge >= 0.3 is 19.3 Å². The number of alkyl halides is 4. The summed E-state index contributed by atoms with van der Waals surface area (Å²) in [6, 6.07) is 14.4. The fraction of sp³-hybridized carbons (Fsp3) is 0.231. The molecule has 4 N–H and O–H groups in total. The molecule has 0 fully saturated rings. The van der Waals surface area contributed by atoms with Crippen molar-refractivity contribution in [3.63, 3.8) is 0 Å². The number of benzene rings is 3. The van der Waals surface area contributed by atoms with Gasteiger partial charge in [-0.15, -0.1) is 0 Å². The van der Waals surface area contributed by atoms with E-state index in [0.29, 0.717) is 22.5 Å². The highest BCUT2D eigenvalue weighted by molar-refractivity contribution is 7.58. The average molecular weight is 630 g/mol. The van der Waals surface area contributed by atoms with E-state index < -0.39 is 50.2 Å². The molecule has 3 aromatic carbocycles. The van der Waals surface area contributed by atoms with E-state index in [0.717, 1.165) is 24.3 Å². The summed E-state index contributed by atoms with van der Waals surface area (Å²) >= 11 is 0. The molecular formula is C26H24F4N2O8P2-2. The van der Waals surface area contributed by atoms with Gasteiger partial charge in [-0.05, 0) is 66.4 Å². The third kappa shape index (κ3) is 8.50. The van der Waals surface area contributed by atoms with Crippen molar-refractivity contribution in [2.24, 2.45) is 0 Å². The van der Waals surface area contributed by atoms with Crippen LogP contribution in [0.15, 0.2) is 72.8 Å². The predicted octanol–water partition coefficient (Wildman–Crippen LogP) is 1.88. The molecule has 42 heavy (non-hydrogen) atoms. The van der Waals surface area contributed by atoms with Crippen molar-refractivity contribution in [2.75, 3.05) is 10.6 Å². The van der Waals surface area contributed by atoms with Crippen molar-refractivity contribution in [3.8, 4) is 0 Å². The lowest BCUT2D eigenvalue weighted by Crippen LogP contribution is -2.43. The van der Waals surface area contributed by atoms with Gasteiger partial charge in [-0.2, -0.15) is 17.6 Å². The molecule has 0 unspecified atom stereocenters. The molecule has 0 atom stereocenters. The van der Waals surface area contributed by atoms with Gasteiger partial charge in [0.25, 0.3) is 0 Å². The number of rotatable bonds is 12. The standard InChI is InChI=1S/C26H26F4N2O8P2/c27-25(28,41(35,36)37)19-10-4-17(5-11-19)8-14-23(33)31-21-2-1-3-22(16-21)32-24(34)15-9-18-6-12-20(13-7-18)26(29,30)42(38,39)40/h1-7,10-13,16H,8-9,14-15H2,(H,31,33)(H,32,34)(H2,35,36,37)(H2,38,39,40)/p-2. The Labute approximate surface area is 238 Å². The number of amides is 2. The van der Waals surface area contributed by atoms with Gasteiger partial charge in [-0.3, -0.25) is 9.59 Å². The normalized spacial score (nSPS) is 12.6. The van der Waals surface area contributed by atoms with E-state index in [4.69, 9.17) is 9.79 Å². The zero-order valence-corrected chi connectivity index (χ0v) is 23.3. The Kier molecular flexibility index (Phi) is 10.4. The van der Waals surface area contributed by atoms with Crippen molar-refractivity contribution in [2.45, 2.75) is 37.0 Å². The van der Waals surface area contributed by atoms with Crippen LogP contribution in [0.2, 0.25) is 0 Å². The lowest BCUT2D eigenvalue weighted by atomic mass is 10.1. The second-order valence-electron chi connectivity index (χ2n) is 9.19. The lowest BCUT2D eigenvalue weighted by Gasteiger charge is -2.46. The Morgan fingerprint density at radius 2 is 1.05 bits per heavy atom. The first kappa shape index (κ1) is 33.4. The van der Waals surface area contributed by atoms with E-state index in [2.05, 4.69) is 10.6 Å². The second-order valence-corrected chi connectivity index (χ2v) is 12.4. The number of carbonyl (C=O) groups excluding carboxylic acids is 2. The van der Waals surface area contributed by atoms with Crippen LogP contribution in [-0.4, -0.2) is 21.6 Å². The number of carbonyl (C=O) groups is 2.